The predicted molar refractivity (Wildman–Crippen MR) is 103 cm³/mol. The molecule has 0 aromatic carbocycles. The lowest BCUT2D eigenvalue weighted by Crippen LogP contribution is -2.60. The van der Waals surface area contributed by atoms with E-state index in [1.165, 1.54) is 18.2 Å². The van der Waals surface area contributed by atoms with Gasteiger partial charge in [-0.15, -0.1) is 0 Å². The van der Waals surface area contributed by atoms with Gasteiger partial charge in [-0.05, 0) is 31.7 Å². The van der Waals surface area contributed by atoms with Gasteiger partial charge in [-0.25, -0.2) is 4.79 Å². The molecule has 29 heavy (non-hydrogen) atoms. The summed E-state index contributed by atoms with van der Waals surface area (Å²) in [6, 6.07) is 4.07. The Kier molecular flexibility index (Phi) is 6.68. The van der Waals surface area contributed by atoms with Crippen LogP contribution in [0.1, 0.15) is 42.7 Å². The van der Waals surface area contributed by atoms with Crippen LogP contribution >= 0.6 is 0 Å². The highest BCUT2D eigenvalue weighted by molar-refractivity contribution is 6.00. The summed E-state index contributed by atoms with van der Waals surface area (Å²) in [4.78, 5) is 50.8. The zero-order valence-electron chi connectivity index (χ0n) is 16.6. The van der Waals surface area contributed by atoms with Crippen LogP contribution in [0.15, 0.2) is 27.4 Å². The quantitative estimate of drug-likeness (QED) is 0.680. The van der Waals surface area contributed by atoms with E-state index in [9.17, 15) is 19.2 Å². The summed E-state index contributed by atoms with van der Waals surface area (Å²) >= 11 is 0. The molecule has 9 heteroatoms. The molecule has 3 heterocycles. The molecule has 2 aliphatic heterocycles. The highest BCUT2D eigenvalue weighted by atomic mass is 16.5. The van der Waals surface area contributed by atoms with E-state index in [1.54, 1.807) is 11.9 Å². The summed E-state index contributed by atoms with van der Waals surface area (Å²) in [5, 5.41) is 5.77. The van der Waals surface area contributed by atoms with Gasteiger partial charge in [0.1, 0.15) is 5.92 Å². The molecule has 1 aromatic heterocycles. The van der Waals surface area contributed by atoms with Crippen LogP contribution in [0.25, 0.3) is 0 Å². The zero-order valence-corrected chi connectivity index (χ0v) is 16.6. The Balaban J connectivity index is 1.69. The van der Waals surface area contributed by atoms with Crippen molar-refractivity contribution in [3.05, 3.63) is 34.4 Å². The van der Waals surface area contributed by atoms with Crippen LogP contribution in [-0.4, -0.2) is 61.5 Å². The van der Waals surface area contributed by atoms with Crippen molar-refractivity contribution in [2.45, 2.75) is 37.6 Å². The van der Waals surface area contributed by atoms with Crippen molar-refractivity contribution in [3.8, 4) is 0 Å². The van der Waals surface area contributed by atoms with Gasteiger partial charge in [0.15, 0.2) is 5.76 Å². The average Bonchev–Trinajstić information content (AvgIpc) is 2.88. The molecule has 158 valence electrons. The number of nitrogens with zero attached hydrogens (tertiary/aromatic N) is 1. The van der Waals surface area contributed by atoms with Crippen LogP contribution in [0.4, 0.5) is 0 Å². The van der Waals surface area contributed by atoms with Crippen LogP contribution in [0, 0.1) is 5.92 Å². The molecular weight excluding hydrogens is 378 g/mol. The number of likely N-dealkylation sites (tertiary alicyclic amines) is 1. The van der Waals surface area contributed by atoms with Crippen molar-refractivity contribution >= 4 is 17.7 Å². The lowest BCUT2D eigenvalue weighted by molar-refractivity contribution is -0.142. The zero-order chi connectivity index (χ0) is 20.9. The summed E-state index contributed by atoms with van der Waals surface area (Å²) in [6.07, 6.45) is 3.23. The molecule has 2 N–H and O–H groups in total. The fraction of sp³-hybridized carbons (Fsp3) is 0.600. The number of hydrogen-bond donors (Lipinski definition) is 2. The van der Waals surface area contributed by atoms with Gasteiger partial charge in [0.05, 0.1) is 5.54 Å². The molecule has 3 rings (SSSR count). The Hall–Kier alpha value is -2.68. The number of rotatable bonds is 5. The third kappa shape index (κ3) is 5.23. The molecule has 1 atom stereocenters. The van der Waals surface area contributed by atoms with E-state index in [0.29, 0.717) is 39.0 Å². The van der Waals surface area contributed by atoms with Crippen LogP contribution in [0.2, 0.25) is 0 Å². The molecule has 2 aliphatic rings. The van der Waals surface area contributed by atoms with E-state index >= 15 is 0 Å². The first-order valence-electron chi connectivity index (χ1n) is 9.93. The fourth-order valence-electron chi connectivity index (χ4n) is 3.75. The summed E-state index contributed by atoms with van der Waals surface area (Å²) in [6.45, 7) is 1.68. The van der Waals surface area contributed by atoms with Crippen molar-refractivity contribution in [2.75, 3.05) is 33.4 Å². The van der Waals surface area contributed by atoms with E-state index in [4.69, 9.17) is 9.15 Å². The molecular formula is C20H27N3O6. The number of ether oxygens (including phenoxy) is 1. The maximum Gasteiger partial charge on any atom is 0.336 e. The Morgan fingerprint density at radius 3 is 2.69 bits per heavy atom. The summed E-state index contributed by atoms with van der Waals surface area (Å²) in [7, 11) is 1.71. The maximum absolute atomic E-state index is 13.0. The summed E-state index contributed by atoms with van der Waals surface area (Å²) < 4.78 is 10.3. The smallest absolute Gasteiger partial charge is 0.336 e. The molecule has 3 amide bonds. The third-order valence-corrected chi connectivity index (χ3v) is 5.57. The first kappa shape index (κ1) is 21.0. The second-order valence-corrected chi connectivity index (χ2v) is 7.68. The Labute approximate surface area is 168 Å². The molecule has 0 saturated carbocycles. The first-order chi connectivity index (χ1) is 13.9. The van der Waals surface area contributed by atoms with Gasteiger partial charge < -0.3 is 24.7 Å². The normalized spacial score (nSPS) is 21.9. The number of amides is 3. The summed E-state index contributed by atoms with van der Waals surface area (Å²) in [5.74, 6) is -1.83. The van der Waals surface area contributed by atoms with Crippen LogP contribution in [0.5, 0.6) is 0 Å². The van der Waals surface area contributed by atoms with Crippen molar-refractivity contribution in [1.29, 1.82) is 0 Å². The lowest BCUT2D eigenvalue weighted by atomic mass is 9.88. The van der Waals surface area contributed by atoms with Crippen LogP contribution < -0.4 is 16.3 Å². The molecule has 0 aliphatic carbocycles. The molecule has 0 radical (unpaired) electrons. The van der Waals surface area contributed by atoms with Gasteiger partial charge in [0, 0.05) is 39.4 Å². The highest BCUT2D eigenvalue weighted by Gasteiger charge is 2.39. The third-order valence-electron chi connectivity index (χ3n) is 5.57. The van der Waals surface area contributed by atoms with Crippen LogP contribution in [0.3, 0.4) is 0 Å². The second-order valence-electron chi connectivity index (χ2n) is 7.68. The van der Waals surface area contributed by atoms with Gasteiger partial charge in [0.25, 0.3) is 5.91 Å². The Morgan fingerprint density at radius 2 is 1.97 bits per heavy atom. The highest BCUT2D eigenvalue weighted by Crippen LogP contribution is 2.23. The van der Waals surface area contributed by atoms with E-state index in [2.05, 4.69) is 10.6 Å². The standard InChI is InChI=1S/C20H27N3O6/c1-23-10-3-2-5-14(19(23)27)17(25)22-20(8-11-28-12-9-20)13-21-18(26)15-6-4-7-16(24)29-15/h4,6-7,14H,2-3,5,8-13H2,1H3,(H,21,26)(H,22,25). The van der Waals surface area contributed by atoms with E-state index in [0.717, 1.165) is 12.8 Å². The van der Waals surface area contributed by atoms with Crippen molar-refractivity contribution < 1.29 is 23.5 Å². The van der Waals surface area contributed by atoms with E-state index in [-0.39, 0.29) is 24.1 Å². The summed E-state index contributed by atoms with van der Waals surface area (Å²) in [5.41, 5.74) is -1.33. The molecule has 0 spiro atoms. The lowest BCUT2D eigenvalue weighted by Gasteiger charge is -2.39. The number of nitrogens with one attached hydrogen (secondary N) is 2. The van der Waals surface area contributed by atoms with Gasteiger partial charge in [0.2, 0.25) is 11.8 Å². The van der Waals surface area contributed by atoms with Crippen LogP contribution in [-0.2, 0) is 14.3 Å². The molecule has 9 nitrogen and oxygen atoms in total. The molecule has 0 bridgehead atoms. The number of carbonyl (C=O) groups is 3. The van der Waals surface area contributed by atoms with Gasteiger partial charge in [-0.2, -0.15) is 0 Å². The number of carbonyl (C=O) groups excluding carboxylic acids is 3. The predicted octanol–water partition coefficient (Wildman–Crippen LogP) is 0.294. The average molecular weight is 405 g/mol. The second kappa shape index (κ2) is 9.21. The minimum absolute atomic E-state index is 0.0911. The molecule has 1 aromatic rings. The minimum Gasteiger partial charge on any atom is -0.417 e. The molecule has 2 saturated heterocycles. The Morgan fingerprint density at radius 1 is 1.21 bits per heavy atom. The topological polar surface area (TPSA) is 118 Å². The van der Waals surface area contributed by atoms with Gasteiger partial charge >= 0.3 is 5.63 Å². The van der Waals surface area contributed by atoms with Gasteiger partial charge in [-0.1, -0.05) is 12.5 Å². The SMILES string of the molecule is CN1CCCCC(C(=O)NC2(CNC(=O)c3cccc(=O)o3)CCOCC2)C1=O. The van der Waals surface area contributed by atoms with Crippen molar-refractivity contribution in [1.82, 2.24) is 15.5 Å². The minimum atomic E-state index is -0.718. The molecule has 1 unspecified atom stereocenters. The van der Waals surface area contributed by atoms with E-state index < -0.39 is 23.0 Å². The monoisotopic (exact) mass is 405 g/mol. The number of hydrogen-bond acceptors (Lipinski definition) is 6. The fourth-order valence-corrected chi connectivity index (χ4v) is 3.75. The van der Waals surface area contributed by atoms with Crippen molar-refractivity contribution in [3.63, 3.8) is 0 Å². The molecule has 2 fully saturated rings. The largest absolute Gasteiger partial charge is 0.417 e. The first-order valence-corrected chi connectivity index (χ1v) is 9.93. The Bertz CT molecular complexity index is 814. The van der Waals surface area contributed by atoms with Gasteiger partial charge in [-0.3, -0.25) is 14.4 Å². The maximum atomic E-state index is 13.0. The van der Waals surface area contributed by atoms with E-state index in [1.807, 2.05) is 0 Å². The van der Waals surface area contributed by atoms with Crippen molar-refractivity contribution in [2.24, 2.45) is 5.92 Å².